The molecule has 0 aromatic rings. The average Bonchev–Trinajstić information content (AvgIpc) is 2.49. The fourth-order valence-electron chi connectivity index (χ4n) is 2.32. The zero-order valence-corrected chi connectivity index (χ0v) is 7.64. The molecule has 1 aliphatic heterocycles. The average molecular weight is 168 g/mol. The van der Waals surface area contributed by atoms with E-state index in [0.29, 0.717) is 0 Å². The van der Waals surface area contributed by atoms with Gasteiger partial charge in [-0.25, -0.2) is 0 Å². The molecule has 0 unspecified atom stereocenters. The van der Waals surface area contributed by atoms with Gasteiger partial charge in [-0.3, -0.25) is 0 Å². The van der Waals surface area contributed by atoms with Crippen molar-refractivity contribution in [2.24, 2.45) is 0 Å². The second-order valence-corrected chi connectivity index (χ2v) is 3.64. The molecule has 68 valence electrons. The first-order valence-corrected chi connectivity index (χ1v) is 4.76. The number of hydrogen-bond acceptors (Lipinski definition) is 2. The van der Waals surface area contributed by atoms with Crippen LogP contribution in [0.1, 0.15) is 32.1 Å². The van der Waals surface area contributed by atoms with Gasteiger partial charge in [-0.15, -0.1) is 0 Å². The van der Waals surface area contributed by atoms with Gasteiger partial charge in [0.15, 0.2) is 0 Å². The Balaban J connectivity index is 2.13. The topological polar surface area (TPSA) is 18.5 Å². The van der Waals surface area contributed by atoms with Gasteiger partial charge in [0.05, 0.1) is 13.7 Å². The minimum absolute atomic E-state index is 0.0208. The van der Waals surface area contributed by atoms with E-state index >= 15 is 0 Å². The van der Waals surface area contributed by atoms with Crippen LogP contribution in [-0.2, 0) is 9.47 Å². The maximum absolute atomic E-state index is 5.77. The van der Waals surface area contributed by atoms with E-state index in [2.05, 4.69) is 6.08 Å². The molecular formula is C10H16O2. The first kappa shape index (κ1) is 8.11. The van der Waals surface area contributed by atoms with E-state index in [1.807, 2.05) is 0 Å². The Morgan fingerprint density at radius 1 is 1.33 bits per heavy atom. The normalized spacial score (nSPS) is 27.2. The highest BCUT2D eigenvalue weighted by atomic mass is 16.5. The highest BCUT2D eigenvalue weighted by Crippen LogP contribution is 2.40. The van der Waals surface area contributed by atoms with Gasteiger partial charge in [0.25, 0.3) is 0 Å². The molecule has 0 aromatic heterocycles. The van der Waals surface area contributed by atoms with Gasteiger partial charge in [0.2, 0.25) is 0 Å². The molecule has 0 amide bonds. The molecule has 1 saturated carbocycles. The fraction of sp³-hybridized carbons (Fsp3) is 0.800. The summed E-state index contributed by atoms with van der Waals surface area (Å²) in [5, 5.41) is 0. The third-order valence-corrected chi connectivity index (χ3v) is 2.96. The summed E-state index contributed by atoms with van der Waals surface area (Å²) in [5.41, 5.74) is -0.0208. The third-order valence-electron chi connectivity index (χ3n) is 2.96. The summed E-state index contributed by atoms with van der Waals surface area (Å²) >= 11 is 0. The predicted molar refractivity (Wildman–Crippen MR) is 46.9 cm³/mol. The van der Waals surface area contributed by atoms with E-state index in [0.717, 1.165) is 25.2 Å². The van der Waals surface area contributed by atoms with E-state index in [9.17, 15) is 0 Å². The Morgan fingerprint density at radius 2 is 2.08 bits per heavy atom. The van der Waals surface area contributed by atoms with E-state index in [1.165, 1.54) is 19.3 Å². The maximum atomic E-state index is 5.77. The van der Waals surface area contributed by atoms with Crippen molar-refractivity contribution in [2.45, 2.75) is 37.7 Å². The van der Waals surface area contributed by atoms with E-state index < -0.39 is 0 Å². The molecule has 2 nitrogen and oxygen atoms in total. The summed E-state index contributed by atoms with van der Waals surface area (Å²) in [6, 6.07) is 0. The Kier molecular flexibility index (Phi) is 2.09. The van der Waals surface area contributed by atoms with E-state index in [4.69, 9.17) is 9.47 Å². The second kappa shape index (κ2) is 3.09. The van der Waals surface area contributed by atoms with Crippen LogP contribution >= 0.6 is 0 Å². The molecule has 2 aliphatic rings. The number of rotatable bonds is 1. The summed E-state index contributed by atoms with van der Waals surface area (Å²) in [4.78, 5) is 0. The van der Waals surface area contributed by atoms with Crippen LogP contribution in [0.25, 0.3) is 0 Å². The van der Waals surface area contributed by atoms with Gasteiger partial charge in [0.1, 0.15) is 11.4 Å². The molecule has 1 fully saturated rings. The monoisotopic (exact) mass is 168 g/mol. The second-order valence-electron chi connectivity index (χ2n) is 3.64. The molecule has 2 heteroatoms. The van der Waals surface area contributed by atoms with Crippen LogP contribution in [0, 0.1) is 0 Å². The third kappa shape index (κ3) is 1.14. The minimum atomic E-state index is -0.0208. The molecule has 0 atom stereocenters. The zero-order chi connectivity index (χ0) is 8.44. The number of hydrogen-bond donors (Lipinski definition) is 0. The van der Waals surface area contributed by atoms with E-state index in [1.54, 1.807) is 7.11 Å². The summed E-state index contributed by atoms with van der Waals surface area (Å²) in [7, 11) is 1.75. The Morgan fingerprint density at radius 3 is 2.75 bits per heavy atom. The highest BCUT2D eigenvalue weighted by Gasteiger charge is 2.40. The molecule has 1 spiro atoms. The molecule has 0 aromatic carbocycles. The lowest BCUT2D eigenvalue weighted by Crippen LogP contribution is -2.34. The van der Waals surface area contributed by atoms with Crippen molar-refractivity contribution < 1.29 is 9.47 Å². The molecule has 0 saturated heterocycles. The molecule has 1 aliphatic carbocycles. The van der Waals surface area contributed by atoms with Gasteiger partial charge in [-0.05, 0) is 18.9 Å². The molecule has 0 bridgehead atoms. The Labute approximate surface area is 73.5 Å². The van der Waals surface area contributed by atoms with Gasteiger partial charge < -0.3 is 9.47 Å². The molecule has 0 radical (unpaired) electrons. The van der Waals surface area contributed by atoms with Crippen LogP contribution in [0.2, 0.25) is 0 Å². The van der Waals surface area contributed by atoms with Crippen LogP contribution in [-0.4, -0.2) is 19.3 Å². The van der Waals surface area contributed by atoms with Crippen molar-refractivity contribution in [2.75, 3.05) is 13.7 Å². The van der Waals surface area contributed by atoms with Crippen molar-refractivity contribution in [3.05, 3.63) is 11.8 Å². The first-order valence-electron chi connectivity index (χ1n) is 4.76. The molecule has 0 N–H and O–H groups in total. The van der Waals surface area contributed by atoms with Crippen LogP contribution in [0.3, 0.4) is 0 Å². The van der Waals surface area contributed by atoms with Crippen LogP contribution < -0.4 is 0 Å². The largest absolute Gasteiger partial charge is 0.498 e. The first-order chi connectivity index (χ1) is 5.87. The lowest BCUT2D eigenvalue weighted by atomic mass is 9.84. The summed E-state index contributed by atoms with van der Waals surface area (Å²) in [6.07, 6.45) is 8.27. The molecular weight excluding hydrogens is 152 g/mol. The molecule has 12 heavy (non-hydrogen) atoms. The van der Waals surface area contributed by atoms with Gasteiger partial charge in [-0.2, -0.15) is 0 Å². The standard InChI is InChI=1S/C10H16O2/c1-11-9-5-8-12-10(9)6-3-2-4-7-10/h5H,2-4,6-8H2,1H3. The summed E-state index contributed by atoms with van der Waals surface area (Å²) < 4.78 is 11.1. The predicted octanol–water partition coefficient (Wildman–Crippen LogP) is 2.25. The zero-order valence-electron chi connectivity index (χ0n) is 7.64. The molecule has 2 rings (SSSR count). The highest BCUT2D eigenvalue weighted by molar-refractivity contribution is 5.16. The number of ether oxygens (including phenoxy) is 2. The summed E-state index contributed by atoms with van der Waals surface area (Å²) in [5.74, 6) is 1.07. The quantitative estimate of drug-likeness (QED) is 0.598. The van der Waals surface area contributed by atoms with Crippen LogP contribution in [0.5, 0.6) is 0 Å². The molecule has 1 heterocycles. The van der Waals surface area contributed by atoms with Crippen molar-refractivity contribution in [3.63, 3.8) is 0 Å². The van der Waals surface area contributed by atoms with Gasteiger partial charge in [0, 0.05) is 0 Å². The number of methoxy groups -OCH3 is 1. The Hall–Kier alpha value is -0.500. The lowest BCUT2D eigenvalue weighted by molar-refractivity contribution is -0.0387. The Bertz CT molecular complexity index is 190. The van der Waals surface area contributed by atoms with Crippen molar-refractivity contribution in [1.82, 2.24) is 0 Å². The van der Waals surface area contributed by atoms with Crippen molar-refractivity contribution in [1.29, 1.82) is 0 Å². The SMILES string of the molecule is COC1=CCOC12CCCCC2. The van der Waals surface area contributed by atoms with Crippen LogP contribution in [0.15, 0.2) is 11.8 Å². The fourth-order valence-corrected chi connectivity index (χ4v) is 2.32. The summed E-state index contributed by atoms with van der Waals surface area (Å²) in [6.45, 7) is 0.739. The lowest BCUT2D eigenvalue weighted by Gasteiger charge is -2.34. The van der Waals surface area contributed by atoms with Gasteiger partial charge >= 0.3 is 0 Å². The maximum Gasteiger partial charge on any atom is 0.126 e. The van der Waals surface area contributed by atoms with Crippen molar-refractivity contribution >= 4 is 0 Å². The van der Waals surface area contributed by atoms with Gasteiger partial charge in [-0.1, -0.05) is 19.3 Å². The minimum Gasteiger partial charge on any atom is -0.498 e. The smallest absolute Gasteiger partial charge is 0.126 e. The van der Waals surface area contributed by atoms with Crippen molar-refractivity contribution in [3.8, 4) is 0 Å². The van der Waals surface area contributed by atoms with E-state index in [-0.39, 0.29) is 5.60 Å². The van der Waals surface area contributed by atoms with Crippen LogP contribution in [0.4, 0.5) is 0 Å².